The Morgan fingerprint density at radius 2 is 1.62 bits per heavy atom. The van der Waals surface area contributed by atoms with Gasteiger partial charge in [-0.2, -0.15) is 0 Å². The van der Waals surface area contributed by atoms with Crippen LogP contribution in [0.25, 0.3) is 11.1 Å². The van der Waals surface area contributed by atoms with E-state index in [4.69, 9.17) is 9.15 Å². The lowest BCUT2D eigenvalue weighted by molar-refractivity contribution is -0.141. The topological polar surface area (TPSA) is 61.4 Å². The van der Waals surface area contributed by atoms with E-state index in [1.807, 2.05) is 91.2 Å². The fourth-order valence-corrected chi connectivity index (χ4v) is 3.77. The number of hydrogen-bond donors (Lipinski definition) is 0. The smallest absolute Gasteiger partial charge is 0.310 e. The normalized spacial score (nSPS) is 10.8. The van der Waals surface area contributed by atoms with Crippen molar-refractivity contribution in [3.8, 4) is 11.1 Å². The van der Waals surface area contributed by atoms with Crippen LogP contribution in [0.15, 0.2) is 83.5 Å². The molecule has 0 saturated carbocycles. The second kappa shape index (κ2) is 9.52. The molecule has 2 aromatic heterocycles. The number of carbonyl (C=O) groups excluding carboxylic acids is 2. The molecule has 0 atom stereocenters. The third-order valence-corrected chi connectivity index (χ3v) is 5.54. The molecule has 5 nitrogen and oxygen atoms in total. The molecule has 5 heteroatoms. The molecule has 0 unspecified atom stereocenters. The van der Waals surface area contributed by atoms with Gasteiger partial charge in [0.25, 0.3) is 0 Å². The molecule has 4 aromatic rings. The van der Waals surface area contributed by atoms with Gasteiger partial charge in [0.05, 0.1) is 19.2 Å². The number of furan rings is 1. The van der Waals surface area contributed by atoms with Gasteiger partial charge in [0.15, 0.2) is 6.61 Å². The average Bonchev–Trinajstić information content (AvgIpc) is 3.42. The highest BCUT2D eigenvalue weighted by atomic mass is 16.5. The summed E-state index contributed by atoms with van der Waals surface area (Å²) in [6.45, 7) is 4.11. The summed E-state index contributed by atoms with van der Waals surface area (Å²) in [5, 5.41) is 0. The third kappa shape index (κ3) is 4.89. The summed E-state index contributed by atoms with van der Waals surface area (Å²) in [4.78, 5) is 25.0. The van der Waals surface area contributed by atoms with Crippen molar-refractivity contribution in [1.82, 2.24) is 4.57 Å². The van der Waals surface area contributed by atoms with Crippen molar-refractivity contribution < 1.29 is 18.7 Å². The van der Waals surface area contributed by atoms with Crippen LogP contribution in [0.4, 0.5) is 0 Å². The maximum atomic E-state index is 12.7. The highest BCUT2D eigenvalue weighted by Crippen LogP contribution is 2.20. The molecule has 2 heterocycles. The van der Waals surface area contributed by atoms with Crippen molar-refractivity contribution in [3.05, 3.63) is 107 Å². The minimum Gasteiger partial charge on any atom is -0.467 e. The lowest BCUT2D eigenvalue weighted by atomic mass is 10.0. The SMILES string of the molecule is Cc1cc(C(=O)COC(=O)Cc2ccc(-c3ccccc3)cc2)c(C)n1Cc1ccco1. The summed E-state index contributed by atoms with van der Waals surface area (Å²) in [5.74, 6) is 0.183. The number of aromatic nitrogens is 1. The van der Waals surface area contributed by atoms with E-state index >= 15 is 0 Å². The van der Waals surface area contributed by atoms with Crippen LogP contribution in [0.1, 0.15) is 33.1 Å². The van der Waals surface area contributed by atoms with Crippen LogP contribution < -0.4 is 0 Å². The summed E-state index contributed by atoms with van der Waals surface area (Å²) in [6.07, 6.45) is 1.75. The Hall–Kier alpha value is -3.86. The third-order valence-electron chi connectivity index (χ3n) is 5.54. The molecule has 0 N–H and O–H groups in total. The van der Waals surface area contributed by atoms with Gasteiger partial charge in [-0.25, -0.2) is 0 Å². The van der Waals surface area contributed by atoms with Crippen molar-refractivity contribution in [3.63, 3.8) is 0 Å². The molecule has 0 bridgehead atoms. The molecule has 0 saturated heterocycles. The van der Waals surface area contributed by atoms with Crippen LogP contribution in [0.3, 0.4) is 0 Å². The Balaban J connectivity index is 1.34. The highest BCUT2D eigenvalue weighted by Gasteiger charge is 2.18. The molecular weight excluding hydrogens is 402 g/mol. The lowest BCUT2D eigenvalue weighted by Gasteiger charge is -2.08. The molecule has 0 fully saturated rings. The van der Waals surface area contributed by atoms with E-state index in [0.29, 0.717) is 12.1 Å². The monoisotopic (exact) mass is 427 g/mol. The molecule has 0 amide bonds. The second-order valence-corrected chi connectivity index (χ2v) is 7.77. The molecule has 162 valence electrons. The van der Waals surface area contributed by atoms with Crippen LogP contribution in [0.2, 0.25) is 0 Å². The van der Waals surface area contributed by atoms with Crippen LogP contribution in [-0.2, 0) is 22.5 Å². The van der Waals surface area contributed by atoms with Crippen molar-refractivity contribution in [2.75, 3.05) is 6.61 Å². The quantitative estimate of drug-likeness (QED) is 0.280. The Kier molecular flexibility index (Phi) is 6.36. The number of ether oxygens (including phenoxy) is 1. The van der Waals surface area contributed by atoms with Gasteiger partial charge in [-0.15, -0.1) is 0 Å². The van der Waals surface area contributed by atoms with Crippen molar-refractivity contribution in [1.29, 1.82) is 0 Å². The Bertz CT molecular complexity index is 1200. The minimum absolute atomic E-state index is 0.125. The molecule has 0 aliphatic carbocycles. The summed E-state index contributed by atoms with van der Waals surface area (Å²) in [5.41, 5.74) is 5.40. The van der Waals surface area contributed by atoms with Crippen molar-refractivity contribution in [2.24, 2.45) is 0 Å². The number of benzene rings is 2. The van der Waals surface area contributed by atoms with Crippen molar-refractivity contribution >= 4 is 11.8 Å². The number of hydrogen-bond acceptors (Lipinski definition) is 4. The summed E-state index contributed by atoms with van der Waals surface area (Å²) < 4.78 is 12.7. The van der Waals surface area contributed by atoms with Crippen LogP contribution in [-0.4, -0.2) is 22.9 Å². The lowest BCUT2D eigenvalue weighted by Crippen LogP contribution is -2.16. The number of esters is 1. The van der Waals surface area contributed by atoms with Gasteiger partial charge < -0.3 is 13.7 Å². The first kappa shape index (κ1) is 21.4. The van der Waals surface area contributed by atoms with Gasteiger partial charge in [0, 0.05) is 17.0 Å². The van der Waals surface area contributed by atoms with E-state index in [0.717, 1.165) is 33.8 Å². The predicted molar refractivity (Wildman–Crippen MR) is 123 cm³/mol. The zero-order valence-corrected chi connectivity index (χ0v) is 18.2. The van der Waals surface area contributed by atoms with E-state index in [-0.39, 0.29) is 18.8 Å². The number of aryl methyl sites for hydroxylation is 1. The van der Waals surface area contributed by atoms with Gasteiger partial charge in [-0.05, 0) is 48.7 Å². The number of carbonyl (C=O) groups is 2. The second-order valence-electron chi connectivity index (χ2n) is 7.77. The molecule has 0 spiro atoms. The Morgan fingerprint density at radius 3 is 2.31 bits per heavy atom. The predicted octanol–water partition coefficient (Wildman–Crippen LogP) is 5.38. The first-order valence-corrected chi connectivity index (χ1v) is 10.5. The van der Waals surface area contributed by atoms with Gasteiger partial charge in [0.2, 0.25) is 5.78 Å². The van der Waals surface area contributed by atoms with E-state index < -0.39 is 5.97 Å². The standard InChI is InChI=1S/C27H25NO4/c1-19-15-25(20(2)28(19)17-24-9-6-14-31-24)26(29)18-32-27(30)16-21-10-12-23(13-11-21)22-7-4-3-5-8-22/h3-15H,16-18H2,1-2H3. The Labute approximate surface area is 187 Å². The largest absolute Gasteiger partial charge is 0.467 e. The van der Waals surface area contributed by atoms with Gasteiger partial charge >= 0.3 is 5.97 Å². The van der Waals surface area contributed by atoms with Crippen LogP contribution in [0.5, 0.6) is 0 Å². The zero-order valence-electron chi connectivity index (χ0n) is 18.2. The molecule has 4 rings (SSSR count). The molecule has 32 heavy (non-hydrogen) atoms. The highest BCUT2D eigenvalue weighted by molar-refractivity contribution is 5.99. The van der Waals surface area contributed by atoms with Crippen LogP contribution in [0, 0.1) is 13.8 Å². The number of ketones is 1. The number of nitrogens with zero attached hydrogens (tertiary/aromatic N) is 1. The molecule has 0 aliphatic rings. The first-order chi connectivity index (χ1) is 15.5. The van der Waals surface area contributed by atoms with Crippen LogP contribution >= 0.6 is 0 Å². The fourth-order valence-electron chi connectivity index (χ4n) is 3.77. The zero-order chi connectivity index (χ0) is 22.5. The van der Waals surface area contributed by atoms with Gasteiger partial charge in [-0.3, -0.25) is 9.59 Å². The van der Waals surface area contributed by atoms with Crippen molar-refractivity contribution in [2.45, 2.75) is 26.8 Å². The molecule has 0 radical (unpaired) electrons. The first-order valence-electron chi connectivity index (χ1n) is 10.5. The van der Waals surface area contributed by atoms with Gasteiger partial charge in [0.1, 0.15) is 5.76 Å². The van der Waals surface area contributed by atoms with Gasteiger partial charge in [-0.1, -0.05) is 54.6 Å². The molecule has 2 aromatic carbocycles. The average molecular weight is 428 g/mol. The summed E-state index contributed by atoms with van der Waals surface area (Å²) >= 11 is 0. The van der Waals surface area contributed by atoms with E-state index in [2.05, 4.69) is 0 Å². The number of rotatable bonds is 8. The van der Waals surface area contributed by atoms with E-state index in [9.17, 15) is 9.59 Å². The fraction of sp³-hybridized carbons (Fsp3) is 0.185. The Morgan fingerprint density at radius 1 is 0.906 bits per heavy atom. The number of Topliss-reactive ketones (excluding diaryl/α,β-unsaturated/α-hetero) is 1. The summed E-state index contributed by atoms with van der Waals surface area (Å²) in [7, 11) is 0. The van der Waals surface area contributed by atoms with E-state index in [1.54, 1.807) is 6.26 Å². The molecule has 0 aliphatic heterocycles. The maximum Gasteiger partial charge on any atom is 0.310 e. The molecular formula is C27H25NO4. The minimum atomic E-state index is -0.421. The van der Waals surface area contributed by atoms with E-state index in [1.165, 1.54) is 0 Å². The summed E-state index contributed by atoms with van der Waals surface area (Å²) in [6, 6.07) is 23.4. The maximum absolute atomic E-state index is 12.7.